The highest BCUT2D eigenvalue weighted by atomic mass is 35.5. The molecule has 0 aliphatic rings. The van der Waals surface area contributed by atoms with Gasteiger partial charge in [-0.05, 0) is 39.9 Å². The Labute approximate surface area is 163 Å². The molecule has 0 radical (unpaired) electrons. The van der Waals surface area contributed by atoms with Crippen LogP contribution < -0.4 is 15.6 Å². The monoisotopic (exact) mass is 410 g/mol. The molecule has 0 unspecified atom stereocenters. The topological polar surface area (TPSA) is 79.0 Å². The predicted molar refractivity (Wildman–Crippen MR) is 101 cm³/mol. The lowest BCUT2D eigenvalue weighted by atomic mass is 10.3. The van der Waals surface area contributed by atoms with Crippen molar-refractivity contribution in [3.63, 3.8) is 0 Å². The molecule has 2 N–H and O–H groups in total. The predicted octanol–water partition coefficient (Wildman–Crippen LogP) is 3.67. The molecule has 0 saturated carbocycles. The number of carbonyl (C=O) groups excluding carboxylic acids is 1. The average Bonchev–Trinajstić information content (AvgIpc) is 2.99. The summed E-state index contributed by atoms with van der Waals surface area (Å²) in [5.41, 5.74) is 0.768. The lowest BCUT2D eigenvalue weighted by Gasteiger charge is -2.06. The molecule has 1 heterocycles. The second kappa shape index (κ2) is 8.44. The molecule has 2 aromatic carbocycles. The normalized spacial score (nSPS) is 10.7. The van der Waals surface area contributed by atoms with Gasteiger partial charge in [0.05, 0.1) is 10.7 Å². The van der Waals surface area contributed by atoms with Crippen molar-refractivity contribution in [1.29, 1.82) is 0 Å². The number of para-hydroxylation sites is 1. The number of halogens is 2. The van der Waals surface area contributed by atoms with E-state index in [1.807, 2.05) is 30.3 Å². The maximum absolute atomic E-state index is 12.1. The summed E-state index contributed by atoms with van der Waals surface area (Å²) in [5.74, 6) is 0.180. The van der Waals surface area contributed by atoms with E-state index in [9.17, 15) is 9.59 Å². The van der Waals surface area contributed by atoms with Gasteiger partial charge in [0.1, 0.15) is 0 Å². The van der Waals surface area contributed by atoms with Crippen LogP contribution in [0.3, 0.4) is 0 Å². The highest BCUT2D eigenvalue weighted by molar-refractivity contribution is 7.99. The maximum atomic E-state index is 12.1. The Hall–Kier alpha value is -2.22. The summed E-state index contributed by atoms with van der Waals surface area (Å²) >= 11 is 13.1. The van der Waals surface area contributed by atoms with Crippen LogP contribution in [0.1, 0.15) is 6.42 Å². The fourth-order valence-electron chi connectivity index (χ4n) is 2.18. The number of carbonyl (C=O) groups is 1. The first-order chi connectivity index (χ1) is 12.5. The number of nitrogens with zero attached hydrogens (tertiary/aromatic N) is 1. The molecular formula is C17H14Cl2N3O3S+. The number of nitrogens with one attached hydrogen (secondary N) is 2. The van der Waals surface area contributed by atoms with E-state index in [1.54, 1.807) is 22.9 Å². The fourth-order valence-corrected chi connectivity index (χ4v) is 3.55. The number of rotatable bonds is 6. The number of hydrogen-bond donors (Lipinski definition) is 2. The lowest BCUT2D eigenvalue weighted by molar-refractivity contribution is -0.704. The van der Waals surface area contributed by atoms with E-state index >= 15 is 0 Å². The third-order valence-electron chi connectivity index (χ3n) is 3.39. The highest BCUT2D eigenvalue weighted by Crippen LogP contribution is 2.25. The molecule has 134 valence electrons. The van der Waals surface area contributed by atoms with Crippen LogP contribution in [0.2, 0.25) is 10.0 Å². The molecule has 1 amide bonds. The first kappa shape index (κ1) is 18.6. The number of amides is 1. The molecule has 6 nitrogen and oxygen atoms in total. The van der Waals surface area contributed by atoms with E-state index in [4.69, 9.17) is 27.7 Å². The molecule has 0 aliphatic heterocycles. The minimum Gasteiger partial charge on any atom is -0.325 e. The molecular weight excluding hydrogens is 397 g/mol. The van der Waals surface area contributed by atoms with Crippen LogP contribution in [0.4, 0.5) is 5.69 Å². The Bertz CT molecular complexity index is 973. The first-order valence-electron chi connectivity index (χ1n) is 7.61. The van der Waals surface area contributed by atoms with E-state index in [2.05, 4.69) is 10.6 Å². The first-order valence-corrected chi connectivity index (χ1v) is 9.35. The van der Waals surface area contributed by atoms with Gasteiger partial charge in [-0.3, -0.25) is 9.32 Å². The van der Waals surface area contributed by atoms with Gasteiger partial charge in [0.15, 0.2) is 0 Å². The summed E-state index contributed by atoms with van der Waals surface area (Å²) in [6.07, 6.45) is 0.197. The van der Waals surface area contributed by atoms with E-state index in [1.165, 1.54) is 11.8 Å². The standard InChI is InChI=1S/C17H13Cl2N3O3S/c18-11-6-7-14(13(19)10-11)20-15(23)8-9-26-16-17(24)25-21-22(16)12-4-2-1-3-5-12/h1-7,10H,8-9H2,(H-,20,21,23,24)/p+1. The number of benzene rings is 2. The summed E-state index contributed by atoms with van der Waals surface area (Å²) in [6, 6.07) is 14.1. The van der Waals surface area contributed by atoms with Crippen LogP contribution in [0, 0.1) is 0 Å². The van der Waals surface area contributed by atoms with Crippen molar-refractivity contribution in [2.45, 2.75) is 11.4 Å². The SMILES string of the molecule is O=C(CCSc1c(=O)o[nH][n+]1-c1ccccc1)Nc1ccc(Cl)cc1Cl. The van der Waals surface area contributed by atoms with Crippen LogP contribution in [0.15, 0.2) is 62.9 Å². The second-order valence-corrected chi connectivity index (χ2v) is 7.15. The zero-order valence-corrected chi connectivity index (χ0v) is 15.7. The third kappa shape index (κ3) is 4.49. The number of hydrogen-bond acceptors (Lipinski definition) is 4. The molecule has 0 bridgehead atoms. The third-order valence-corrected chi connectivity index (χ3v) is 4.97. The van der Waals surface area contributed by atoms with Crippen LogP contribution in [0.5, 0.6) is 0 Å². The smallest absolute Gasteiger partial charge is 0.325 e. The van der Waals surface area contributed by atoms with Gasteiger partial charge >= 0.3 is 10.7 Å². The second-order valence-electron chi connectivity index (χ2n) is 5.23. The molecule has 0 spiro atoms. The van der Waals surface area contributed by atoms with Crippen molar-refractivity contribution < 1.29 is 14.0 Å². The van der Waals surface area contributed by atoms with E-state index in [0.29, 0.717) is 26.5 Å². The summed E-state index contributed by atoms with van der Waals surface area (Å²) in [4.78, 5) is 24.0. The van der Waals surface area contributed by atoms with Crippen LogP contribution in [0.25, 0.3) is 5.69 Å². The molecule has 0 aliphatic carbocycles. The zero-order valence-electron chi connectivity index (χ0n) is 13.4. The van der Waals surface area contributed by atoms with Gasteiger partial charge in [-0.25, -0.2) is 4.79 Å². The number of aromatic amines is 1. The number of anilines is 1. The molecule has 0 fully saturated rings. The van der Waals surface area contributed by atoms with Gasteiger partial charge in [-0.2, -0.15) is 0 Å². The Kier molecular flexibility index (Phi) is 6.03. The van der Waals surface area contributed by atoms with E-state index < -0.39 is 5.63 Å². The van der Waals surface area contributed by atoms with Gasteiger partial charge in [0.25, 0.3) is 0 Å². The van der Waals surface area contributed by atoms with Gasteiger partial charge in [0, 0.05) is 29.3 Å². The number of H-pyrrole nitrogens is 1. The number of aromatic nitrogens is 2. The van der Waals surface area contributed by atoms with Crippen LogP contribution in [-0.2, 0) is 4.79 Å². The van der Waals surface area contributed by atoms with Gasteiger partial charge in [-0.1, -0.05) is 41.4 Å². The van der Waals surface area contributed by atoms with E-state index in [-0.39, 0.29) is 12.3 Å². The van der Waals surface area contributed by atoms with Crippen molar-refractivity contribution in [3.05, 3.63) is 69.0 Å². The fraction of sp³-hybridized carbons (Fsp3) is 0.118. The Morgan fingerprint density at radius 3 is 2.69 bits per heavy atom. The minimum atomic E-state index is -0.486. The van der Waals surface area contributed by atoms with Crippen molar-refractivity contribution in [2.24, 2.45) is 0 Å². The van der Waals surface area contributed by atoms with Crippen LogP contribution in [-0.4, -0.2) is 16.9 Å². The quantitative estimate of drug-likeness (QED) is 0.479. The van der Waals surface area contributed by atoms with Gasteiger partial charge in [0.2, 0.25) is 11.6 Å². The highest BCUT2D eigenvalue weighted by Gasteiger charge is 2.23. The molecule has 1 aromatic heterocycles. The Balaban J connectivity index is 1.61. The van der Waals surface area contributed by atoms with Crippen molar-refractivity contribution in [3.8, 4) is 5.69 Å². The molecule has 3 aromatic rings. The molecule has 3 rings (SSSR count). The summed E-state index contributed by atoms with van der Waals surface area (Å²) in [6.45, 7) is 0. The molecule has 0 atom stereocenters. The Morgan fingerprint density at radius 2 is 1.96 bits per heavy atom. The van der Waals surface area contributed by atoms with E-state index in [0.717, 1.165) is 5.69 Å². The summed E-state index contributed by atoms with van der Waals surface area (Å²) < 4.78 is 6.40. The summed E-state index contributed by atoms with van der Waals surface area (Å²) in [7, 11) is 0. The van der Waals surface area contributed by atoms with Crippen LogP contribution >= 0.6 is 35.0 Å². The number of thioether (sulfide) groups is 1. The average molecular weight is 411 g/mol. The zero-order chi connectivity index (χ0) is 18.5. The summed E-state index contributed by atoms with van der Waals surface area (Å²) in [5, 5.41) is 6.51. The molecule has 0 saturated heterocycles. The minimum absolute atomic E-state index is 0.197. The maximum Gasteiger partial charge on any atom is 0.442 e. The van der Waals surface area contributed by atoms with Gasteiger partial charge < -0.3 is 5.32 Å². The molecule has 26 heavy (non-hydrogen) atoms. The Morgan fingerprint density at radius 1 is 1.19 bits per heavy atom. The van der Waals surface area contributed by atoms with Gasteiger partial charge in [-0.15, -0.1) is 0 Å². The lowest BCUT2D eigenvalue weighted by Crippen LogP contribution is -2.36. The van der Waals surface area contributed by atoms with Crippen molar-refractivity contribution in [1.82, 2.24) is 5.27 Å². The van der Waals surface area contributed by atoms with Crippen molar-refractivity contribution in [2.75, 3.05) is 11.1 Å². The van der Waals surface area contributed by atoms with Crippen molar-refractivity contribution >= 4 is 46.6 Å². The largest absolute Gasteiger partial charge is 0.442 e. The molecule has 9 heteroatoms.